The smallest absolute Gasteiger partial charge is 0.307 e. The number of rotatable bonds is 6. The number of halogens is 2. The van der Waals surface area contributed by atoms with Gasteiger partial charge in [-0.2, -0.15) is 5.10 Å². The summed E-state index contributed by atoms with van der Waals surface area (Å²) in [6.07, 6.45) is 0.770. The Labute approximate surface area is 143 Å². The average molecular weight is 352 g/mol. The molecule has 1 aromatic heterocycles. The Balaban J connectivity index is 2.17. The van der Waals surface area contributed by atoms with E-state index in [1.165, 1.54) is 6.26 Å². The van der Waals surface area contributed by atoms with Crippen molar-refractivity contribution in [1.29, 1.82) is 0 Å². The van der Waals surface area contributed by atoms with Gasteiger partial charge in [0.2, 0.25) is 0 Å². The highest BCUT2D eigenvalue weighted by molar-refractivity contribution is 7.93. The lowest BCUT2D eigenvalue weighted by molar-refractivity contribution is 0.123. The van der Waals surface area contributed by atoms with Crippen molar-refractivity contribution in [3.63, 3.8) is 0 Å². The largest absolute Gasteiger partial charge is 0.594 e. The van der Waals surface area contributed by atoms with Crippen LogP contribution in [0.1, 0.15) is 18.9 Å². The van der Waals surface area contributed by atoms with Crippen LogP contribution in [0.5, 0.6) is 0 Å². The van der Waals surface area contributed by atoms with E-state index in [0.29, 0.717) is 28.4 Å². The molecule has 1 heterocycles. The molecule has 0 saturated heterocycles. The highest BCUT2D eigenvalue weighted by Crippen LogP contribution is 2.43. The van der Waals surface area contributed by atoms with Gasteiger partial charge in [-0.25, -0.2) is 13.0 Å². The zero-order valence-electron chi connectivity index (χ0n) is 13.6. The fourth-order valence-electron chi connectivity index (χ4n) is 3.07. The molecule has 0 amide bonds. The second-order valence-electron chi connectivity index (χ2n) is 6.36. The Morgan fingerprint density at radius 2 is 2.21 bits per heavy atom. The number of hydrogen-bond donors (Lipinski definition) is 1. The van der Waals surface area contributed by atoms with E-state index in [1.807, 2.05) is 6.07 Å². The van der Waals surface area contributed by atoms with E-state index in [-0.39, 0.29) is 5.82 Å². The Morgan fingerprint density at radius 1 is 1.54 bits per heavy atom. The first kappa shape index (κ1) is 17.4. The van der Waals surface area contributed by atoms with Crippen LogP contribution in [0, 0.1) is 11.8 Å². The van der Waals surface area contributed by atoms with Gasteiger partial charge in [-0.3, -0.25) is 4.68 Å². The van der Waals surface area contributed by atoms with Crippen LogP contribution in [-0.4, -0.2) is 35.0 Å². The Bertz CT molecular complexity index is 755. The second-order valence-corrected chi connectivity index (χ2v) is 7.60. The van der Waals surface area contributed by atoms with Crippen LogP contribution in [0.2, 0.25) is 0 Å². The molecule has 0 bridgehead atoms. The van der Waals surface area contributed by atoms with Crippen LogP contribution in [0.4, 0.5) is 20.3 Å². The third kappa shape index (κ3) is 3.19. The van der Waals surface area contributed by atoms with Gasteiger partial charge >= 0.3 is 7.98 Å². The van der Waals surface area contributed by atoms with Gasteiger partial charge < -0.3 is 10.3 Å². The van der Waals surface area contributed by atoms with E-state index in [4.69, 9.17) is 13.7 Å². The molecule has 2 N–H and O–H groups in total. The van der Waals surface area contributed by atoms with Crippen molar-refractivity contribution in [3.05, 3.63) is 17.7 Å². The van der Waals surface area contributed by atoms with Crippen molar-refractivity contribution in [2.24, 2.45) is 11.8 Å². The lowest BCUT2D eigenvalue weighted by atomic mass is 10.0. The van der Waals surface area contributed by atoms with E-state index in [9.17, 15) is 13.3 Å². The van der Waals surface area contributed by atoms with E-state index in [0.717, 1.165) is 27.3 Å². The highest BCUT2D eigenvalue weighted by Gasteiger charge is 2.34. The molecule has 9 heteroatoms. The maximum Gasteiger partial charge on any atom is 0.307 e. The summed E-state index contributed by atoms with van der Waals surface area (Å²) in [6, 6.07) is 3.59. The number of benzene rings is 1. The van der Waals surface area contributed by atoms with Crippen molar-refractivity contribution in [1.82, 2.24) is 9.78 Å². The van der Waals surface area contributed by atoms with Gasteiger partial charge in [0, 0.05) is 0 Å². The maximum atomic E-state index is 12.9. The van der Waals surface area contributed by atoms with Crippen LogP contribution in [0.15, 0.2) is 12.1 Å². The van der Waals surface area contributed by atoms with Crippen LogP contribution in [0.25, 0.3) is 10.9 Å². The quantitative estimate of drug-likeness (QED) is 0.492. The average Bonchev–Trinajstić information content (AvgIpc) is 3.05. The Morgan fingerprint density at radius 3 is 2.75 bits per heavy atom. The van der Waals surface area contributed by atoms with Gasteiger partial charge in [0.25, 0.3) is 6.43 Å². The first-order chi connectivity index (χ1) is 11.3. The molecule has 1 fully saturated rings. The molecule has 3 atom stereocenters. The zero-order valence-corrected chi connectivity index (χ0v) is 14.4. The molecular formula is C15H19BF2N4OS. The number of nitrogens with zero attached hydrogens (tertiary/aromatic N) is 3. The Hall–Kier alpha value is -1.48. The number of nitrogens with two attached hydrogens (primary N) is 1. The minimum Gasteiger partial charge on any atom is -0.594 e. The van der Waals surface area contributed by atoms with Gasteiger partial charge in [-0.15, -0.1) is 0 Å². The highest BCUT2D eigenvalue weighted by atomic mass is 32.2. The van der Waals surface area contributed by atoms with Gasteiger partial charge in [0.05, 0.1) is 28.0 Å². The van der Waals surface area contributed by atoms with Crippen molar-refractivity contribution in [2.45, 2.75) is 32.7 Å². The summed E-state index contributed by atoms with van der Waals surface area (Å²) >= 11 is -1.53. The summed E-state index contributed by atoms with van der Waals surface area (Å²) in [5.74, 6) is 1.43. The van der Waals surface area contributed by atoms with Crippen molar-refractivity contribution in [3.8, 4) is 0 Å². The zero-order chi connectivity index (χ0) is 17.6. The molecular weight excluding hydrogens is 333 g/mol. The number of aromatic nitrogens is 2. The monoisotopic (exact) mass is 352 g/mol. The predicted molar refractivity (Wildman–Crippen MR) is 93.4 cm³/mol. The topological polar surface area (TPSA) is 70.1 Å². The number of anilines is 2. The minimum atomic E-state index is -2.58. The molecule has 2 radical (unpaired) electrons. The van der Waals surface area contributed by atoms with Crippen LogP contribution >= 0.6 is 0 Å². The van der Waals surface area contributed by atoms with E-state index >= 15 is 0 Å². The molecule has 1 aliphatic carbocycles. The fourth-order valence-corrected chi connectivity index (χ4v) is 3.44. The molecule has 0 aliphatic heterocycles. The predicted octanol–water partition coefficient (Wildman–Crippen LogP) is 2.27. The summed E-state index contributed by atoms with van der Waals surface area (Å²) in [6.45, 7) is 1.59. The molecule has 1 aromatic carbocycles. The number of fused-ring (bicyclic) bond motifs is 1. The van der Waals surface area contributed by atoms with Crippen LogP contribution < -0.4 is 9.95 Å². The lowest BCUT2D eigenvalue weighted by Crippen LogP contribution is -2.27. The first-order valence-corrected chi connectivity index (χ1v) is 9.25. The van der Waals surface area contributed by atoms with Gasteiger partial charge in [-0.05, 0) is 36.3 Å². The summed E-state index contributed by atoms with van der Waals surface area (Å²) in [5, 5.41) is 4.80. The SMILES string of the molecule is [B]N(c1nn(CC(F)F)c2c(N)ccc(CC3CC3C)c12)[S+](C)[O-]. The van der Waals surface area contributed by atoms with E-state index < -0.39 is 24.3 Å². The molecule has 1 aliphatic rings. The summed E-state index contributed by atoms with van der Waals surface area (Å²) in [4.78, 5) is 0. The molecule has 5 nitrogen and oxygen atoms in total. The summed E-state index contributed by atoms with van der Waals surface area (Å²) in [5.41, 5.74) is 7.75. The third-order valence-corrected chi connectivity index (χ3v) is 5.27. The number of alkyl halides is 2. The maximum absolute atomic E-state index is 12.9. The van der Waals surface area contributed by atoms with Crippen molar-refractivity contribution >= 4 is 41.8 Å². The number of hydrogen-bond acceptors (Lipinski definition) is 4. The van der Waals surface area contributed by atoms with E-state index in [1.54, 1.807) is 6.07 Å². The standard InChI is InChI=1S/C15H19BF2N4OS/c1-8-5-10(8)6-9-3-4-11(19)14-13(9)15(22(16)24(2)23)20-21(14)7-12(17)18/h3-4,8,10,12H,5-7,19H2,1-2H3. The lowest BCUT2D eigenvalue weighted by Gasteiger charge is -2.18. The Kier molecular flexibility index (Phi) is 4.66. The fraction of sp³-hybridized carbons (Fsp3) is 0.533. The van der Waals surface area contributed by atoms with Crippen LogP contribution in [-0.2, 0) is 24.3 Å². The molecule has 24 heavy (non-hydrogen) atoms. The van der Waals surface area contributed by atoms with Crippen molar-refractivity contribution in [2.75, 3.05) is 16.2 Å². The van der Waals surface area contributed by atoms with Gasteiger partial charge in [-0.1, -0.05) is 13.0 Å². The van der Waals surface area contributed by atoms with Crippen molar-refractivity contribution < 1.29 is 13.3 Å². The second kappa shape index (κ2) is 6.44. The molecule has 2 aromatic rings. The normalized spacial score (nSPS) is 21.4. The molecule has 0 spiro atoms. The summed E-state index contributed by atoms with van der Waals surface area (Å²) in [7, 11) is 5.87. The third-order valence-electron chi connectivity index (χ3n) is 4.55. The summed E-state index contributed by atoms with van der Waals surface area (Å²) < 4.78 is 39.8. The first-order valence-electron chi connectivity index (χ1n) is 7.74. The number of nitrogen functional groups attached to an aromatic ring is 1. The van der Waals surface area contributed by atoms with E-state index in [2.05, 4.69) is 12.0 Å². The van der Waals surface area contributed by atoms with Gasteiger partial charge in [0.15, 0.2) is 5.82 Å². The molecule has 3 unspecified atom stereocenters. The van der Waals surface area contributed by atoms with Gasteiger partial charge in [0.1, 0.15) is 12.8 Å². The molecule has 1 saturated carbocycles. The minimum absolute atomic E-state index is 0.224. The van der Waals surface area contributed by atoms with Crippen LogP contribution in [0.3, 0.4) is 0 Å². The molecule has 128 valence electrons. The molecule has 3 rings (SSSR count).